The van der Waals surface area contributed by atoms with Gasteiger partial charge in [0.1, 0.15) is 0 Å². The fourth-order valence-corrected chi connectivity index (χ4v) is 2.38. The number of anilines is 1. The molecular weight excluding hydrogens is 278 g/mol. The Morgan fingerprint density at radius 1 is 1.41 bits per heavy atom. The second-order valence-corrected chi connectivity index (χ2v) is 5.39. The quantitative estimate of drug-likeness (QED) is 0.938. The van der Waals surface area contributed by atoms with Gasteiger partial charge in [-0.1, -0.05) is 15.9 Å². The summed E-state index contributed by atoms with van der Waals surface area (Å²) < 4.78 is 3.22. The summed E-state index contributed by atoms with van der Waals surface area (Å²) in [4.78, 5) is 4.38. The van der Waals surface area contributed by atoms with Crippen LogP contribution in [0, 0.1) is 6.92 Å². The third-order valence-electron chi connectivity index (χ3n) is 2.97. The Morgan fingerprint density at radius 3 is 2.94 bits per heavy atom. The fourth-order valence-electron chi connectivity index (χ4n) is 1.90. The summed E-state index contributed by atoms with van der Waals surface area (Å²) >= 11 is 3.49. The molecule has 0 amide bonds. The predicted octanol–water partition coefficient (Wildman–Crippen LogP) is 3.52. The van der Waals surface area contributed by atoms with Crippen molar-refractivity contribution in [3.05, 3.63) is 40.6 Å². The zero-order chi connectivity index (χ0) is 11.8. The van der Waals surface area contributed by atoms with E-state index >= 15 is 0 Å². The molecule has 17 heavy (non-hydrogen) atoms. The second kappa shape index (κ2) is 4.18. The summed E-state index contributed by atoms with van der Waals surface area (Å²) in [5, 5.41) is 3.44. The van der Waals surface area contributed by atoms with E-state index < -0.39 is 0 Å². The van der Waals surface area contributed by atoms with Crippen LogP contribution in [-0.2, 0) is 0 Å². The van der Waals surface area contributed by atoms with Gasteiger partial charge in [0.2, 0.25) is 5.95 Å². The minimum absolute atomic E-state index is 0.618. The van der Waals surface area contributed by atoms with Crippen LogP contribution >= 0.6 is 15.9 Å². The molecule has 3 rings (SSSR count). The molecule has 0 unspecified atom stereocenters. The summed E-state index contributed by atoms with van der Waals surface area (Å²) in [6.07, 6.45) is 6.35. The van der Waals surface area contributed by atoms with Gasteiger partial charge in [0, 0.05) is 22.9 Å². The monoisotopic (exact) mass is 291 g/mol. The minimum Gasteiger partial charge on any atom is -0.353 e. The van der Waals surface area contributed by atoms with Crippen molar-refractivity contribution in [2.75, 3.05) is 5.32 Å². The molecule has 0 saturated heterocycles. The number of nitrogens with zero attached hydrogens (tertiary/aromatic N) is 2. The van der Waals surface area contributed by atoms with Gasteiger partial charge in [0.15, 0.2) is 0 Å². The first-order chi connectivity index (χ1) is 8.24. The van der Waals surface area contributed by atoms with Gasteiger partial charge in [-0.15, -0.1) is 0 Å². The maximum atomic E-state index is 4.38. The van der Waals surface area contributed by atoms with E-state index in [1.165, 1.54) is 24.1 Å². The normalized spacial score (nSPS) is 14.9. The van der Waals surface area contributed by atoms with Crippen molar-refractivity contribution in [3.63, 3.8) is 0 Å². The Hall–Kier alpha value is -1.29. The molecule has 1 fully saturated rings. The lowest BCUT2D eigenvalue weighted by atomic mass is 10.2. The van der Waals surface area contributed by atoms with Gasteiger partial charge in [0.25, 0.3) is 0 Å². The van der Waals surface area contributed by atoms with Gasteiger partial charge < -0.3 is 5.32 Å². The lowest BCUT2D eigenvalue weighted by Crippen LogP contribution is -2.08. The largest absolute Gasteiger partial charge is 0.353 e. The van der Waals surface area contributed by atoms with Gasteiger partial charge in [-0.25, -0.2) is 4.98 Å². The Balaban J connectivity index is 1.99. The molecule has 1 heterocycles. The smallest absolute Gasteiger partial charge is 0.207 e. The molecule has 1 aliphatic rings. The van der Waals surface area contributed by atoms with E-state index in [4.69, 9.17) is 0 Å². The maximum Gasteiger partial charge on any atom is 0.207 e. The van der Waals surface area contributed by atoms with E-state index in [0.29, 0.717) is 6.04 Å². The summed E-state index contributed by atoms with van der Waals surface area (Å²) in [6.45, 7) is 2.11. The number of rotatable bonds is 3. The molecule has 0 atom stereocenters. The molecule has 0 aliphatic heterocycles. The SMILES string of the molecule is Cc1cc(Br)ccc1-n1ccnc1NC1CC1. The Kier molecular flexibility index (Phi) is 2.67. The summed E-state index contributed by atoms with van der Waals surface area (Å²) in [5.41, 5.74) is 2.41. The van der Waals surface area contributed by atoms with Crippen LogP contribution in [0.3, 0.4) is 0 Å². The first-order valence-electron chi connectivity index (χ1n) is 5.80. The number of benzene rings is 1. The number of halogens is 1. The van der Waals surface area contributed by atoms with E-state index in [-0.39, 0.29) is 0 Å². The fraction of sp³-hybridized carbons (Fsp3) is 0.308. The molecule has 0 spiro atoms. The van der Waals surface area contributed by atoms with Gasteiger partial charge in [-0.05, 0) is 43.5 Å². The highest BCUT2D eigenvalue weighted by atomic mass is 79.9. The highest BCUT2D eigenvalue weighted by Gasteiger charge is 2.22. The molecule has 0 radical (unpaired) electrons. The second-order valence-electron chi connectivity index (χ2n) is 4.47. The first-order valence-corrected chi connectivity index (χ1v) is 6.60. The van der Waals surface area contributed by atoms with Crippen molar-refractivity contribution < 1.29 is 0 Å². The van der Waals surface area contributed by atoms with Gasteiger partial charge >= 0.3 is 0 Å². The van der Waals surface area contributed by atoms with Crippen LogP contribution in [0.2, 0.25) is 0 Å². The third-order valence-corrected chi connectivity index (χ3v) is 3.46. The Bertz CT molecular complexity index is 543. The molecule has 1 aliphatic carbocycles. The zero-order valence-electron chi connectivity index (χ0n) is 9.65. The lowest BCUT2D eigenvalue weighted by Gasteiger charge is -2.11. The Labute approximate surface area is 109 Å². The number of aryl methyl sites for hydroxylation is 1. The van der Waals surface area contributed by atoms with Crippen LogP contribution in [0.4, 0.5) is 5.95 Å². The number of imidazole rings is 1. The molecule has 4 heteroatoms. The minimum atomic E-state index is 0.618. The van der Waals surface area contributed by atoms with Crippen LogP contribution in [0.5, 0.6) is 0 Å². The lowest BCUT2D eigenvalue weighted by molar-refractivity contribution is 0.993. The molecule has 1 aromatic carbocycles. The third kappa shape index (κ3) is 2.22. The van der Waals surface area contributed by atoms with Gasteiger partial charge in [-0.3, -0.25) is 4.57 Å². The van der Waals surface area contributed by atoms with E-state index in [9.17, 15) is 0 Å². The van der Waals surface area contributed by atoms with Crippen molar-refractivity contribution in [2.45, 2.75) is 25.8 Å². The molecule has 1 aromatic heterocycles. The summed E-state index contributed by atoms with van der Waals surface area (Å²) in [6, 6.07) is 6.91. The van der Waals surface area contributed by atoms with Crippen LogP contribution in [0.25, 0.3) is 5.69 Å². The molecule has 1 N–H and O–H groups in total. The topological polar surface area (TPSA) is 29.9 Å². The Morgan fingerprint density at radius 2 is 2.24 bits per heavy atom. The maximum absolute atomic E-state index is 4.38. The van der Waals surface area contributed by atoms with Crippen LogP contribution in [0.15, 0.2) is 35.1 Å². The van der Waals surface area contributed by atoms with Crippen LogP contribution in [-0.4, -0.2) is 15.6 Å². The van der Waals surface area contributed by atoms with E-state index in [0.717, 1.165) is 10.4 Å². The highest BCUT2D eigenvalue weighted by molar-refractivity contribution is 9.10. The molecule has 3 nitrogen and oxygen atoms in total. The molecule has 0 bridgehead atoms. The average Bonchev–Trinajstić information content (AvgIpc) is 2.97. The summed E-state index contributed by atoms with van der Waals surface area (Å²) in [5.74, 6) is 0.943. The van der Waals surface area contributed by atoms with Crippen molar-refractivity contribution in [1.82, 2.24) is 9.55 Å². The average molecular weight is 292 g/mol. The predicted molar refractivity (Wildman–Crippen MR) is 72.6 cm³/mol. The van der Waals surface area contributed by atoms with Crippen LogP contribution in [0.1, 0.15) is 18.4 Å². The van der Waals surface area contributed by atoms with Gasteiger partial charge in [0.05, 0.1) is 5.69 Å². The van der Waals surface area contributed by atoms with Crippen molar-refractivity contribution >= 4 is 21.9 Å². The number of nitrogens with one attached hydrogen (secondary N) is 1. The number of hydrogen-bond donors (Lipinski definition) is 1. The number of aromatic nitrogens is 2. The van der Waals surface area contributed by atoms with Crippen molar-refractivity contribution in [1.29, 1.82) is 0 Å². The molecular formula is C13H14BrN3. The molecule has 1 saturated carbocycles. The first kappa shape index (κ1) is 10.8. The van der Waals surface area contributed by atoms with Gasteiger partial charge in [-0.2, -0.15) is 0 Å². The molecule has 2 aromatic rings. The van der Waals surface area contributed by atoms with E-state index in [1.807, 2.05) is 12.4 Å². The van der Waals surface area contributed by atoms with Crippen LogP contribution < -0.4 is 5.32 Å². The van der Waals surface area contributed by atoms with Crippen molar-refractivity contribution in [3.8, 4) is 5.69 Å². The number of hydrogen-bond acceptors (Lipinski definition) is 2. The van der Waals surface area contributed by atoms with Crippen molar-refractivity contribution in [2.24, 2.45) is 0 Å². The molecule has 88 valence electrons. The summed E-state index contributed by atoms with van der Waals surface area (Å²) in [7, 11) is 0. The highest BCUT2D eigenvalue weighted by Crippen LogP contribution is 2.27. The van der Waals surface area contributed by atoms with E-state index in [2.05, 4.69) is 55.9 Å². The standard InChI is InChI=1S/C13H14BrN3/c1-9-8-10(14)2-5-12(9)17-7-6-15-13(17)16-11-3-4-11/h2,5-8,11H,3-4H2,1H3,(H,15,16). The zero-order valence-corrected chi connectivity index (χ0v) is 11.2. The van der Waals surface area contributed by atoms with E-state index in [1.54, 1.807) is 0 Å².